The number of fused-ring (bicyclic) bond motifs is 1. The number of hydrogen-bond acceptors (Lipinski definition) is 5. The van der Waals surface area contributed by atoms with Gasteiger partial charge in [-0.1, -0.05) is 24.3 Å². The molecule has 0 radical (unpaired) electrons. The lowest BCUT2D eigenvalue weighted by atomic mass is 9.89. The molecule has 0 spiro atoms. The number of nitrogens with one attached hydrogen (secondary N) is 1. The summed E-state index contributed by atoms with van der Waals surface area (Å²) < 4.78 is 5.09. The lowest BCUT2D eigenvalue weighted by molar-refractivity contribution is -0.137. The average molecular weight is 357 g/mol. The Morgan fingerprint density at radius 2 is 1.92 bits per heavy atom. The van der Waals surface area contributed by atoms with Crippen molar-refractivity contribution >= 4 is 29.1 Å². The number of thioether (sulfide) groups is 1. The summed E-state index contributed by atoms with van der Waals surface area (Å²) in [5, 5.41) is 12.9. The van der Waals surface area contributed by atoms with Crippen LogP contribution in [0.3, 0.4) is 0 Å². The molecule has 0 fully saturated rings. The van der Waals surface area contributed by atoms with Crippen LogP contribution in [0.1, 0.15) is 18.9 Å². The van der Waals surface area contributed by atoms with Crippen LogP contribution in [0.4, 0.5) is 5.69 Å². The first-order valence-corrected chi connectivity index (χ1v) is 8.76. The third kappa shape index (κ3) is 3.55. The van der Waals surface area contributed by atoms with E-state index in [1.807, 2.05) is 24.3 Å². The number of para-hydroxylation sites is 1. The molecule has 25 heavy (non-hydrogen) atoms. The first-order chi connectivity index (χ1) is 11.9. The molecule has 2 aromatic carbocycles. The number of ether oxygens (including phenoxy) is 1. The van der Waals surface area contributed by atoms with Gasteiger partial charge < -0.3 is 15.2 Å². The summed E-state index contributed by atoms with van der Waals surface area (Å²) in [5.74, 6) is 0.0260. The molecule has 0 saturated carbocycles. The molecule has 2 N–H and O–H groups in total. The van der Waals surface area contributed by atoms with Crippen LogP contribution in [-0.2, 0) is 15.2 Å². The van der Waals surface area contributed by atoms with E-state index in [0.29, 0.717) is 11.3 Å². The molecule has 1 heterocycles. The molecule has 1 aliphatic rings. The second-order valence-electron chi connectivity index (χ2n) is 6.02. The third-order valence-corrected chi connectivity index (χ3v) is 5.55. The van der Waals surface area contributed by atoms with Crippen molar-refractivity contribution in [3.8, 4) is 5.75 Å². The summed E-state index contributed by atoms with van der Waals surface area (Å²) in [6.07, 6.45) is -0.0517. The summed E-state index contributed by atoms with van der Waals surface area (Å²) in [6.45, 7) is 1.45. The van der Waals surface area contributed by atoms with Crippen molar-refractivity contribution < 1.29 is 19.4 Å². The van der Waals surface area contributed by atoms with Gasteiger partial charge in [0.1, 0.15) is 11.4 Å². The van der Waals surface area contributed by atoms with Crippen LogP contribution in [0.15, 0.2) is 53.4 Å². The van der Waals surface area contributed by atoms with E-state index in [4.69, 9.17) is 4.74 Å². The average Bonchev–Trinajstić information content (AvgIpc) is 2.62. The molecule has 6 heteroatoms. The van der Waals surface area contributed by atoms with Crippen LogP contribution >= 0.6 is 11.8 Å². The van der Waals surface area contributed by atoms with Gasteiger partial charge in [0.15, 0.2) is 5.78 Å². The normalized spacial score (nSPS) is 18.7. The van der Waals surface area contributed by atoms with Crippen molar-refractivity contribution in [2.45, 2.75) is 29.1 Å². The fourth-order valence-corrected chi connectivity index (χ4v) is 3.78. The number of methoxy groups -OCH3 is 1. The van der Waals surface area contributed by atoms with Gasteiger partial charge in [0.05, 0.1) is 18.0 Å². The first-order valence-electron chi connectivity index (χ1n) is 7.88. The highest BCUT2D eigenvalue weighted by Crippen LogP contribution is 2.38. The van der Waals surface area contributed by atoms with Gasteiger partial charge in [0, 0.05) is 11.3 Å². The molecule has 1 aliphatic heterocycles. The second kappa shape index (κ2) is 6.90. The molecule has 130 valence electrons. The van der Waals surface area contributed by atoms with Gasteiger partial charge >= 0.3 is 0 Å². The standard InChI is InChI=1S/C19H19NO4S/c1-19(23,12-7-9-13(24-2)10-8-12)17(21)11-16-18(22)20-14-5-3-4-6-15(14)25-16/h3-10,16,23H,11H2,1-2H3,(H,20,22)/t16-,19+/m0/s1. The molecule has 2 aromatic rings. The molecule has 5 nitrogen and oxygen atoms in total. The number of ketones is 1. The Kier molecular flexibility index (Phi) is 4.83. The topological polar surface area (TPSA) is 75.6 Å². The second-order valence-corrected chi connectivity index (χ2v) is 7.26. The highest BCUT2D eigenvalue weighted by Gasteiger charge is 2.37. The fraction of sp³-hybridized carbons (Fsp3) is 0.263. The van der Waals surface area contributed by atoms with Crippen LogP contribution in [0.2, 0.25) is 0 Å². The van der Waals surface area contributed by atoms with E-state index in [2.05, 4.69) is 5.32 Å². The van der Waals surface area contributed by atoms with Gasteiger partial charge in [-0.2, -0.15) is 0 Å². The maximum absolute atomic E-state index is 12.7. The highest BCUT2D eigenvalue weighted by molar-refractivity contribution is 8.01. The van der Waals surface area contributed by atoms with E-state index < -0.39 is 16.6 Å². The lowest BCUT2D eigenvalue weighted by Crippen LogP contribution is -2.38. The number of rotatable bonds is 5. The molecule has 3 rings (SSSR count). The van der Waals surface area contributed by atoms with Crippen molar-refractivity contribution in [2.75, 3.05) is 12.4 Å². The summed E-state index contributed by atoms with van der Waals surface area (Å²) in [4.78, 5) is 25.8. The van der Waals surface area contributed by atoms with E-state index in [-0.39, 0.29) is 12.3 Å². The summed E-state index contributed by atoms with van der Waals surface area (Å²) in [6, 6.07) is 14.1. The minimum absolute atomic E-state index is 0.0517. The zero-order valence-electron chi connectivity index (χ0n) is 14.0. The van der Waals surface area contributed by atoms with Gasteiger partial charge in [-0.05, 0) is 36.8 Å². The van der Waals surface area contributed by atoms with Crippen molar-refractivity contribution in [1.29, 1.82) is 0 Å². The highest BCUT2D eigenvalue weighted by atomic mass is 32.2. The lowest BCUT2D eigenvalue weighted by Gasteiger charge is -2.27. The molecular weight excluding hydrogens is 338 g/mol. The number of amides is 1. The monoisotopic (exact) mass is 357 g/mol. The first kappa shape index (κ1) is 17.5. The van der Waals surface area contributed by atoms with Crippen molar-refractivity contribution in [2.24, 2.45) is 0 Å². The Balaban J connectivity index is 1.75. The van der Waals surface area contributed by atoms with E-state index in [1.165, 1.54) is 18.7 Å². The van der Waals surface area contributed by atoms with Crippen molar-refractivity contribution in [1.82, 2.24) is 0 Å². The zero-order valence-corrected chi connectivity index (χ0v) is 14.8. The maximum atomic E-state index is 12.7. The fourth-order valence-electron chi connectivity index (χ4n) is 2.67. The van der Waals surface area contributed by atoms with Gasteiger partial charge in [-0.3, -0.25) is 9.59 Å². The molecule has 0 saturated heterocycles. The van der Waals surface area contributed by atoms with Crippen LogP contribution in [0.5, 0.6) is 5.75 Å². The Labute approximate surface area is 150 Å². The molecule has 0 aliphatic carbocycles. The number of carbonyl (C=O) groups excluding carboxylic acids is 2. The van der Waals surface area contributed by atoms with E-state index in [9.17, 15) is 14.7 Å². The number of benzene rings is 2. The molecule has 0 unspecified atom stereocenters. The van der Waals surface area contributed by atoms with Crippen LogP contribution < -0.4 is 10.1 Å². The summed E-state index contributed by atoms with van der Waals surface area (Å²) in [7, 11) is 1.55. The van der Waals surface area contributed by atoms with E-state index in [0.717, 1.165) is 10.6 Å². The van der Waals surface area contributed by atoms with Crippen LogP contribution in [0, 0.1) is 0 Å². The predicted molar refractivity (Wildman–Crippen MR) is 96.9 cm³/mol. The smallest absolute Gasteiger partial charge is 0.238 e. The number of carbonyl (C=O) groups is 2. The van der Waals surface area contributed by atoms with E-state index in [1.54, 1.807) is 31.4 Å². The SMILES string of the molecule is COc1ccc([C@@](C)(O)C(=O)C[C@@H]2Sc3ccccc3NC2=O)cc1. The van der Waals surface area contributed by atoms with Gasteiger partial charge in [-0.15, -0.1) is 11.8 Å². The molecule has 1 amide bonds. The van der Waals surface area contributed by atoms with Gasteiger partial charge in [0.2, 0.25) is 5.91 Å². The molecule has 0 bridgehead atoms. The summed E-state index contributed by atoms with van der Waals surface area (Å²) in [5.41, 5.74) is -0.438. The predicted octanol–water partition coefficient (Wildman–Crippen LogP) is 2.97. The minimum atomic E-state index is -1.66. The van der Waals surface area contributed by atoms with Crippen LogP contribution in [-0.4, -0.2) is 29.2 Å². The quantitative estimate of drug-likeness (QED) is 0.860. The molecular formula is C19H19NO4S. The number of Topliss-reactive ketones (excluding diaryl/α,β-unsaturated/α-hetero) is 1. The number of aliphatic hydroxyl groups is 1. The zero-order chi connectivity index (χ0) is 18.0. The van der Waals surface area contributed by atoms with Gasteiger partial charge in [0.25, 0.3) is 0 Å². The maximum Gasteiger partial charge on any atom is 0.238 e. The van der Waals surface area contributed by atoms with Gasteiger partial charge in [-0.25, -0.2) is 0 Å². The molecule has 0 aromatic heterocycles. The van der Waals surface area contributed by atoms with Crippen LogP contribution in [0.25, 0.3) is 0 Å². The van der Waals surface area contributed by atoms with E-state index >= 15 is 0 Å². The Morgan fingerprint density at radius 3 is 2.60 bits per heavy atom. The Hall–Kier alpha value is -2.31. The Bertz CT molecular complexity index is 801. The molecule has 2 atom stereocenters. The van der Waals surface area contributed by atoms with Crippen molar-refractivity contribution in [3.63, 3.8) is 0 Å². The largest absolute Gasteiger partial charge is 0.497 e. The minimum Gasteiger partial charge on any atom is -0.497 e. The van der Waals surface area contributed by atoms with Crippen molar-refractivity contribution in [3.05, 3.63) is 54.1 Å². The number of anilines is 1. The third-order valence-electron chi connectivity index (χ3n) is 4.27. The summed E-state index contributed by atoms with van der Waals surface area (Å²) >= 11 is 1.35. The number of hydrogen-bond donors (Lipinski definition) is 2. The Morgan fingerprint density at radius 1 is 1.24 bits per heavy atom.